The molecule has 0 spiro atoms. The molecule has 1 N–H and O–H groups in total. The molecule has 1 aromatic rings. The van der Waals surface area contributed by atoms with Crippen molar-refractivity contribution in [2.45, 2.75) is 51.5 Å². The highest BCUT2D eigenvalue weighted by molar-refractivity contribution is 7.99. The minimum absolute atomic E-state index is 0.556. The van der Waals surface area contributed by atoms with Gasteiger partial charge in [0.25, 0.3) is 0 Å². The highest BCUT2D eigenvalue weighted by atomic mass is 32.2. The molecule has 0 aliphatic rings. The van der Waals surface area contributed by atoms with E-state index in [9.17, 15) is 0 Å². The fourth-order valence-corrected chi connectivity index (χ4v) is 3.19. The molecule has 0 aliphatic carbocycles. The van der Waals surface area contributed by atoms with Gasteiger partial charge < -0.3 is 5.32 Å². The van der Waals surface area contributed by atoms with Gasteiger partial charge in [0.1, 0.15) is 0 Å². The van der Waals surface area contributed by atoms with E-state index in [-0.39, 0.29) is 0 Å². The van der Waals surface area contributed by atoms with Gasteiger partial charge in [-0.2, -0.15) is 0 Å². The number of benzene rings is 1. The summed E-state index contributed by atoms with van der Waals surface area (Å²) in [6.07, 6.45) is 4.40. The van der Waals surface area contributed by atoms with Gasteiger partial charge in [0, 0.05) is 22.4 Å². The van der Waals surface area contributed by atoms with Gasteiger partial charge >= 0.3 is 0 Å². The summed E-state index contributed by atoms with van der Waals surface area (Å²) in [5, 5.41) is 3.76. The summed E-state index contributed by atoms with van der Waals surface area (Å²) in [5.41, 5.74) is 1.27. The Morgan fingerprint density at radius 2 is 1.70 bits per heavy atom. The van der Waals surface area contributed by atoms with E-state index in [1.165, 1.54) is 23.4 Å². The molecule has 0 radical (unpaired) electrons. The summed E-state index contributed by atoms with van der Waals surface area (Å²) in [7, 11) is 0. The molecule has 0 atom stereocenters. The number of thioether (sulfide) groups is 1. The van der Waals surface area contributed by atoms with Crippen LogP contribution < -0.4 is 5.32 Å². The van der Waals surface area contributed by atoms with E-state index >= 15 is 0 Å². The Bertz CT molecular complexity index is 388. The lowest BCUT2D eigenvalue weighted by Gasteiger charge is -2.24. The minimum Gasteiger partial charge on any atom is -0.381 e. The Kier molecular flexibility index (Phi) is 7.83. The van der Waals surface area contributed by atoms with Gasteiger partial charge in [-0.3, -0.25) is 0 Å². The average Bonchev–Trinajstić information content (AvgIpc) is 2.36. The normalized spacial score (nSPS) is 11.3. The molecule has 0 heterocycles. The van der Waals surface area contributed by atoms with Crippen LogP contribution in [0.3, 0.4) is 0 Å². The zero-order chi connectivity index (χ0) is 15.0. The molecule has 1 nitrogen and oxygen atoms in total. The van der Waals surface area contributed by atoms with Crippen LogP contribution in [0.2, 0.25) is 0 Å². The van der Waals surface area contributed by atoms with E-state index in [0.29, 0.717) is 6.04 Å². The number of hydrogen-bond donors (Lipinski definition) is 1. The smallest absolute Gasteiger partial charge is 0.0480 e. The Hall–Kier alpha value is -0.890. The van der Waals surface area contributed by atoms with Crippen molar-refractivity contribution in [3.63, 3.8) is 0 Å². The number of rotatable bonds is 9. The fraction of sp³-hybridized carbons (Fsp3) is 0.556. The van der Waals surface area contributed by atoms with Crippen molar-refractivity contribution in [1.29, 1.82) is 0 Å². The highest BCUT2D eigenvalue weighted by Crippen LogP contribution is 2.29. The highest BCUT2D eigenvalue weighted by Gasteiger charge is 2.14. The first kappa shape index (κ1) is 17.2. The van der Waals surface area contributed by atoms with Crippen LogP contribution in [-0.4, -0.2) is 11.8 Å². The topological polar surface area (TPSA) is 12.0 Å². The maximum atomic E-state index is 3.80. The van der Waals surface area contributed by atoms with Gasteiger partial charge in [-0.15, -0.1) is 18.3 Å². The Morgan fingerprint density at radius 3 is 2.25 bits per heavy atom. The second kappa shape index (κ2) is 9.12. The lowest BCUT2D eigenvalue weighted by Crippen LogP contribution is -2.23. The van der Waals surface area contributed by atoms with Crippen LogP contribution in [0.5, 0.6) is 0 Å². The molecule has 0 fully saturated rings. The second-order valence-electron chi connectivity index (χ2n) is 6.20. The SMILES string of the molecule is C=CCSc1ccccc1NC(CC(C)C)CC(C)C. The summed E-state index contributed by atoms with van der Waals surface area (Å²) in [6.45, 7) is 13.0. The largest absolute Gasteiger partial charge is 0.381 e. The Labute approximate surface area is 129 Å². The number of anilines is 1. The van der Waals surface area contributed by atoms with E-state index in [1.807, 2.05) is 17.8 Å². The number of hydrogen-bond acceptors (Lipinski definition) is 2. The van der Waals surface area contributed by atoms with Crippen LogP contribution >= 0.6 is 11.8 Å². The van der Waals surface area contributed by atoms with Crippen LogP contribution in [0.15, 0.2) is 41.8 Å². The van der Waals surface area contributed by atoms with Gasteiger partial charge in [0.05, 0.1) is 0 Å². The van der Waals surface area contributed by atoms with Crippen LogP contribution in [0.1, 0.15) is 40.5 Å². The fourth-order valence-electron chi connectivity index (χ4n) is 2.43. The zero-order valence-electron chi connectivity index (χ0n) is 13.4. The van der Waals surface area contributed by atoms with Crippen molar-refractivity contribution in [3.05, 3.63) is 36.9 Å². The van der Waals surface area contributed by atoms with Gasteiger partial charge in [-0.25, -0.2) is 0 Å². The molecule has 112 valence electrons. The summed E-state index contributed by atoms with van der Waals surface area (Å²) in [6, 6.07) is 9.16. The maximum Gasteiger partial charge on any atom is 0.0480 e. The minimum atomic E-state index is 0.556. The summed E-state index contributed by atoms with van der Waals surface area (Å²) in [4.78, 5) is 1.32. The molecule has 0 aliphatic heterocycles. The first-order chi connectivity index (χ1) is 9.52. The molecule has 1 aromatic carbocycles. The first-order valence-corrected chi connectivity index (χ1v) is 8.60. The standard InChI is InChI=1S/C18H29NS/c1-6-11-20-18-10-8-7-9-17(18)19-16(12-14(2)3)13-15(4)5/h6-10,14-16,19H,1,11-13H2,2-5H3. The van der Waals surface area contributed by atoms with Gasteiger partial charge in [0.2, 0.25) is 0 Å². The maximum absolute atomic E-state index is 3.80. The van der Waals surface area contributed by atoms with E-state index < -0.39 is 0 Å². The Morgan fingerprint density at radius 1 is 1.10 bits per heavy atom. The molecule has 2 heteroatoms. The van der Waals surface area contributed by atoms with E-state index in [0.717, 1.165) is 17.6 Å². The third-order valence-corrected chi connectivity index (χ3v) is 4.18. The van der Waals surface area contributed by atoms with Gasteiger partial charge in [0.15, 0.2) is 0 Å². The molecule has 0 unspecified atom stereocenters. The molecular weight excluding hydrogens is 262 g/mol. The average molecular weight is 292 g/mol. The molecule has 20 heavy (non-hydrogen) atoms. The van der Waals surface area contributed by atoms with Crippen LogP contribution in [0.25, 0.3) is 0 Å². The molecule has 0 aromatic heterocycles. The van der Waals surface area contributed by atoms with Gasteiger partial charge in [-0.05, 0) is 36.8 Å². The van der Waals surface area contributed by atoms with E-state index in [2.05, 4.69) is 63.9 Å². The van der Waals surface area contributed by atoms with Crippen molar-refractivity contribution < 1.29 is 0 Å². The van der Waals surface area contributed by atoms with Crippen molar-refractivity contribution in [2.24, 2.45) is 11.8 Å². The zero-order valence-corrected chi connectivity index (χ0v) is 14.2. The number of para-hydroxylation sites is 1. The third kappa shape index (κ3) is 6.51. The lowest BCUT2D eigenvalue weighted by atomic mass is 9.95. The second-order valence-corrected chi connectivity index (χ2v) is 7.26. The quantitative estimate of drug-likeness (QED) is 0.453. The number of nitrogens with one attached hydrogen (secondary N) is 1. The third-order valence-electron chi connectivity index (χ3n) is 3.12. The van der Waals surface area contributed by atoms with Gasteiger partial charge in [-0.1, -0.05) is 45.9 Å². The van der Waals surface area contributed by atoms with Crippen molar-refractivity contribution in [1.82, 2.24) is 0 Å². The van der Waals surface area contributed by atoms with Crippen LogP contribution in [0, 0.1) is 11.8 Å². The molecule has 0 saturated carbocycles. The summed E-state index contributed by atoms with van der Waals surface area (Å²) < 4.78 is 0. The predicted molar refractivity (Wildman–Crippen MR) is 93.7 cm³/mol. The summed E-state index contributed by atoms with van der Waals surface area (Å²) >= 11 is 1.85. The van der Waals surface area contributed by atoms with E-state index in [1.54, 1.807) is 0 Å². The molecule has 1 rings (SSSR count). The van der Waals surface area contributed by atoms with Crippen LogP contribution in [0.4, 0.5) is 5.69 Å². The first-order valence-electron chi connectivity index (χ1n) is 7.62. The molecule has 0 saturated heterocycles. The molecular formula is C18H29NS. The molecule has 0 bridgehead atoms. The predicted octanol–water partition coefficient (Wildman–Crippen LogP) is 5.84. The van der Waals surface area contributed by atoms with Crippen LogP contribution in [-0.2, 0) is 0 Å². The lowest BCUT2D eigenvalue weighted by molar-refractivity contribution is 0.441. The monoisotopic (exact) mass is 291 g/mol. The van der Waals surface area contributed by atoms with Crippen molar-refractivity contribution in [3.8, 4) is 0 Å². The van der Waals surface area contributed by atoms with Crippen molar-refractivity contribution in [2.75, 3.05) is 11.1 Å². The van der Waals surface area contributed by atoms with E-state index in [4.69, 9.17) is 0 Å². The molecule has 0 amide bonds. The Balaban J connectivity index is 2.78. The summed E-state index contributed by atoms with van der Waals surface area (Å²) in [5.74, 6) is 2.40. The van der Waals surface area contributed by atoms with Crippen molar-refractivity contribution >= 4 is 17.4 Å².